The molecule has 8 nitrogen and oxygen atoms in total. The van der Waals surface area contributed by atoms with Gasteiger partial charge in [0.2, 0.25) is 0 Å². The smallest absolute Gasteiger partial charge is 0.335 e. The minimum absolute atomic E-state index is 0.0521. The molecule has 2 rings (SSSR count). The van der Waals surface area contributed by atoms with Gasteiger partial charge >= 0.3 is 12.0 Å². The van der Waals surface area contributed by atoms with E-state index in [9.17, 15) is 9.59 Å². The first-order chi connectivity index (χ1) is 10.1. The first-order valence-corrected chi connectivity index (χ1v) is 6.36. The predicted molar refractivity (Wildman–Crippen MR) is 75.5 cm³/mol. The molecule has 0 radical (unpaired) electrons. The van der Waals surface area contributed by atoms with Crippen molar-refractivity contribution < 1.29 is 14.7 Å². The Bertz CT molecular complexity index is 644. The Labute approximate surface area is 124 Å². The normalized spacial score (nSPS) is 10.1. The average Bonchev–Trinajstić information content (AvgIpc) is 2.94. The van der Waals surface area contributed by atoms with Gasteiger partial charge in [-0.25, -0.2) is 14.6 Å². The third-order valence-corrected chi connectivity index (χ3v) is 2.89. The van der Waals surface area contributed by atoms with Crippen molar-refractivity contribution in [3.05, 3.63) is 40.9 Å². The molecule has 2 aromatic rings. The molecular formula is C12H12ClN5O3. The Morgan fingerprint density at radius 1 is 1.38 bits per heavy atom. The Kier molecular flexibility index (Phi) is 4.72. The molecule has 0 fully saturated rings. The average molecular weight is 310 g/mol. The van der Waals surface area contributed by atoms with E-state index in [1.807, 2.05) is 0 Å². The number of benzene rings is 1. The van der Waals surface area contributed by atoms with E-state index in [-0.39, 0.29) is 10.6 Å². The summed E-state index contributed by atoms with van der Waals surface area (Å²) in [5.74, 6) is -0.417. The maximum absolute atomic E-state index is 11.7. The number of aromatic amines is 1. The molecule has 0 saturated heterocycles. The zero-order chi connectivity index (χ0) is 15.2. The highest BCUT2D eigenvalue weighted by molar-refractivity contribution is 6.34. The molecule has 1 aromatic heterocycles. The summed E-state index contributed by atoms with van der Waals surface area (Å²) in [7, 11) is 0. The van der Waals surface area contributed by atoms with Crippen LogP contribution in [0.2, 0.25) is 5.02 Å². The summed E-state index contributed by atoms with van der Waals surface area (Å²) in [5, 5.41) is 20.5. The zero-order valence-electron chi connectivity index (χ0n) is 10.8. The van der Waals surface area contributed by atoms with Gasteiger partial charge < -0.3 is 15.7 Å². The molecule has 4 N–H and O–H groups in total. The molecule has 0 aliphatic heterocycles. The molecule has 0 aliphatic rings. The van der Waals surface area contributed by atoms with Crippen molar-refractivity contribution in [3.63, 3.8) is 0 Å². The quantitative estimate of drug-likeness (QED) is 0.667. The van der Waals surface area contributed by atoms with Gasteiger partial charge in [0.15, 0.2) is 0 Å². The molecule has 0 aliphatic carbocycles. The van der Waals surface area contributed by atoms with E-state index in [0.29, 0.717) is 24.5 Å². The number of hydrogen-bond donors (Lipinski definition) is 4. The van der Waals surface area contributed by atoms with Gasteiger partial charge in [-0.1, -0.05) is 11.6 Å². The Hall–Kier alpha value is -2.61. The van der Waals surface area contributed by atoms with Gasteiger partial charge in [-0.05, 0) is 18.2 Å². The number of nitrogens with zero attached hydrogens (tertiary/aromatic N) is 2. The van der Waals surface area contributed by atoms with Crippen LogP contribution in [0.4, 0.5) is 10.5 Å². The lowest BCUT2D eigenvalue weighted by Gasteiger charge is -2.09. The fraction of sp³-hybridized carbons (Fsp3) is 0.167. The van der Waals surface area contributed by atoms with Gasteiger partial charge in [-0.2, -0.15) is 5.10 Å². The number of hydrogen-bond acceptors (Lipinski definition) is 4. The predicted octanol–water partition coefficient (Wildman–Crippen LogP) is 1.52. The molecule has 0 saturated carbocycles. The molecule has 0 unspecified atom stereocenters. The summed E-state index contributed by atoms with van der Waals surface area (Å²) in [6.45, 7) is 0.367. The number of H-pyrrole nitrogens is 1. The second-order valence-electron chi connectivity index (χ2n) is 4.06. The molecule has 21 heavy (non-hydrogen) atoms. The van der Waals surface area contributed by atoms with Crippen molar-refractivity contribution in [3.8, 4) is 0 Å². The summed E-state index contributed by atoms with van der Waals surface area (Å²) in [4.78, 5) is 26.4. The molecule has 1 aromatic carbocycles. The molecule has 110 valence electrons. The number of nitrogens with one attached hydrogen (secondary N) is 3. The molecule has 9 heteroatoms. The third kappa shape index (κ3) is 4.18. The summed E-state index contributed by atoms with van der Waals surface area (Å²) in [6, 6.07) is 3.62. The van der Waals surface area contributed by atoms with Crippen LogP contribution in [-0.2, 0) is 6.42 Å². The summed E-state index contributed by atoms with van der Waals surface area (Å²) in [6.07, 6.45) is 1.90. The fourth-order valence-corrected chi connectivity index (χ4v) is 1.79. The van der Waals surface area contributed by atoms with Crippen LogP contribution in [0.15, 0.2) is 24.5 Å². The van der Waals surface area contributed by atoms with Crippen molar-refractivity contribution in [2.45, 2.75) is 6.42 Å². The van der Waals surface area contributed by atoms with Crippen LogP contribution in [0, 0.1) is 0 Å². The largest absolute Gasteiger partial charge is 0.478 e. The van der Waals surface area contributed by atoms with Crippen LogP contribution in [-0.4, -0.2) is 38.8 Å². The standard InChI is InChI=1S/C12H12ClN5O3/c13-8-5-7(11(19)20)1-2-9(8)17-12(21)14-4-3-10-15-6-16-18-10/h1-2,5-6H,3-4H2,(H,19,20)(H2,14,17,21)(H,15,16,18). The van der Waals surface area contributed by atoms with Gasteiger partial charge in [0.25, 0.3) is 0 Å². The lowest BCUT2D eigenvalue weighted by molar-refractivity contribution is 0.0697. The lowest BCUT2D eigenvalue weighted by Crippen LogP contribution is -2.30. The Morgan fingerprint density at radius 2 is 2.19 bits per heavy atom. The van der Waals surface area contributed by atoms with Crippen LogP contribution < -0.4 is 10.6 Å². The SMILES string of the molecule is O=C(NCCc1ncn[nH]1)Nc1ccc(C(=O)O)cc1Cl. The van der Waals surface area contributed by atoms with E-state index < -0.39 is 12.0 Å². The maximum Gasteiger partial charge on any atom is 0.335 e. The fourth-order valence-electron chi connectivity index (χ4n) is 1.56. The highest BCUT2D eigenvalue weighted by Crippen LogP contribution is 2.22. The van der Waals surface area contributed by atoms with E-state index >= 15 is 0 Å². The highest BCUT2D eigenvalue weighted by atomic mass is 35.5. The van der Waals surface area contributed by atoms with Crippen LogP contribution in [0.3, 0.4) is 0 Å². The van der Waals surface area contributed by atoms with E-state index in [1.54, 1.807) is 0 Å². The lowest BCUT2D eigenvalue weighted by atomic mass is 10.2. The zero-order valence-corrected chi connectivity index (χ0v) is 11.5. The van der Waals surface area contributed by atoms with Gasteiger partial charge in [0.1, 0.15) is 12.2 Å². The van der Waals surface area contributed by atoms with Crippen molar-refractivity contribution in [2.75, 3.05) is 11.9 Å². The van der Waals surface area contributed by atoms with Gasteiger partial charge in [-0.3, -0.25) is 5.10 Å². The number of aromatic carboxylic acids is 1. The van der Waals surface area contributed by atoms with Gasteiger partial charge in [-0.15, -0.1) is 0 Å². The van der Waals surface area contributed by atoms with Crippen LogP contribution in [0.25, 0.3) is 0 Å². The van der Waals surface area contributed by atoms with Crippen molar-refractivity contribution in [2.24, 2.45) is 0 Å². The molecule has 1 heterocycles. The first-order valence-electron chi connectivity index (χ1n) is 5.98. The number of anilines is 1. The summed E-state index contributed by atoms with van der Waals surface area (Å²) in [5.41, 5.74) is 0.384. The Morgan fingerprint density at radius 3 is 2.81 bits per heavy atom. The topological polar surface area (TPSA) is 120 Å². The van der Waals surface area contributed by atoms with Crippen LogP contribution in [0.5, 0.6) is 0 Å². The number of carbonyl (C=O) groups excluding carboxylic acids is 1. The van der Waals surface area contributed by atoms with Crippen molar-refractivity contribution in [1.82, 2.24) is 20.5 Å². The Balaban J connectivity index is 1.86. The van der Waals surface area contributed by atoms with E-state index in [2.05, 4.69) is 25.8 Å². The number of urea groups is 1. The van der Waals surface area contributed by atoms with Crippen molar-refractivity contribution in [1.29, 1.82) is 0 Å². The number of carboxylic acids is 1. The number of halogens is 1. The minimum atomic E-state index is -1.08. The number of carbonyl (C=O) groups is 2. The third-order valence-electron chi connectivity index (χ3n) is 2.58. The first kappa shape index (κ1) is 14.8. The van der Waals surface area contributed by atoms with E-state index in [4.69, 9.17) is 16.7 Å². The molecular weight excluding hydrogens is 298 g/mol. The summed E-state index contributed by atoms with van der Waals surface area (Å²) < 4.78 is 0. The highest BCUT2D eigenvalue weighted by Gasteiger charge is 2.09. The molecule has 0 bridgehead atoms. The maximum atomic E-state index is 11.7. The second-order valence-corrected chi connectivity index (χ2v) is 4.47. The monoisotopic (exact) mass is 309 g/mol. The minimum Gasteiger partial charge on any atom is -0.478 e. The number of rotatable bonds is 5. The summed E-state index contributed by atoms with van der Waals surface area (Å²) >= 11 is 5.90. The van der Waals surface area contributed by atoms with Crippen molar-refractivity contribution >= 4 is 29.3 Å². The van der Waals surface area contributed by atoms with E-state index in [0.717, 1.165) is 0 Å². The molecule has 0 atom stereocenters. The molecule has 0 spiro atoms. The van der Waals surface area contributed by atoms with E-state index in [1.165, 1.54) is 24.5 Å². The second kappa shape index (κ2) is 6.71. The van der Waals surface area contributed by atoms with Gasteiger partial charge in [0, 0.05) is 13.0 Å². The number of amides is 2. The number of carboxylic acid groups (broad SMARTS) is 1. The van der Waals surface area contributed by atoms with Crippen LogP contribution >= 0.6 is 11.6 Å². The molecule has 2 amide bonds. The number of aromatic nitrogens is 3. The van der Waals surface area contributed by atoms with Crippen LogP contribution in [0.1, 0.15) is 16.2 Å². The van der Waals surface area contributed by atoms with Gasteiger partial charge in [0.05, 0.1) is 16.3 Å².